The van der Waals surface area contributed by atoms with Crippen LogP contribution in [0.2, 0.25) is 0 Å². The molecule has 1 fully saturated rings. The average Bonchev–Trinajstić information content (AvgIpc) is 2.72. The Hall–Kier alpha value is -2.25. The van der Waals surface area contributed by atoms with E-state index >= 15 is 0 Å². The number of carbonyl (C=O) groups is 3. The third-order valence-electron chi connectivity index (χ3n) is 6.02. The molecule has 2 rings (SSSR count). The molecule has 1 saturated heterocycles. The van der Waals surface area contributed by atoms with Crippen molar-refractivity contribution in [3.8, 4) is 0 Å². The Bertz CT molecular complexity index is 742. The first-order valence-electron chi connectivity index (χ1n) is 11.4. The number of piperidine rings is 1. The Balaban J connectivity index is 2.55. The van der Waals surface area contributed by atoms with Gasteiger partial charge in [-0.25, -0.2) is 0 Å². The number of hydroxylamine groups is 2. The fourth-order valence-electron chi connectivity index (χ4n) is 4.66. The van der Waals surface area contributed by atoms with Crippen LogP contribution in [0, 0.1) is 5.92 Å². The number of carbonyl (C=O) groups excluding carboxylic acids is 3. The lowest BCUT2D eigenvalue weighted by molar-refractivity contribution is -0.300. The Kier molecular flexibility index (Phi) is 8.98. The van der Waals surface area contributed by atoms with E-state index in [-0.39, 0.29) is 24.3 Å². The minimum Gasteiger partial charge on any atom is -0.465 e. The molecule has 1 aromatic rings. The van der Waals surface area contributed by atoms with Crippen LogP contribution in [0.1, 0.15) is 72.3 Å². The van der Waals surface area contributed by atoms with Crippen LogP contribution < -0.4 is 0 Å². The number of benzene rings is 1. The van der Waals surface area contributed by atoms with Crippen molar-refractivity contribution in [3.63, 3.8) is 0 Å². The van der Waals surface area contributed by atoms with Crippen molar-refractivity contribution in [1.29, 1.82) is 0 Å². The summed E-state index contributed by atoms with van der Waals surface area (Å²) in [5.74, 6) is -3.69. The molecule has 1 aromatic carbocycles. The third-order valence-corrected chi connectivity index (χ3v) is 6.02. The highest BCUT2D eigenvalue weighted by atomic mass is 16.7. The molecule has 0 radical (unpaired) electrons. The van der Waals surface area contributed by atoms with Gasteiger partial charge in [0, 0.05) is 17.0 Å². The average molecular weight is 448 g/mol. The molecule has 0 N–H and O–H groups in total. The van der Waals surface area contributed by atoms with Crippen LogP contribution >= 0.6 is 0 Å². The number of rotatable bonds is 10. The first-order chi connectivity index (χ1) is 15.1. The van der Waals surface area contributed by atoms with E-state index in [0.29, 0.717) is 11.8 Å². The van der Waals surface area contributed by atoms with Crippen LogP contribution in [0.4, 0.5) is 0 Å². The number of esters is 2. The lowest BCUT2D eigenvalue weighted by atomic mass is 9.81. The molecule has 1 aliphatic heterocycles. The summed E-state index contributed by atoms with van der Waals surface area (Å²) in [7, 11) is 0. The first-order valence-corrected chi connectivity index (χ1v) is 11.4. The molecule has 1 aliphatic rings. The summed E-state index contributed by atoms with van der Waals surface area (Å²) in [4.78, 5) is 44.7. The summed E-state index contributed by atoms with van der Waals surface area (Å²) < 4.78 is 10.4. The van der Waals surface area contributed by atoms with Gasteiger partial charge in [-0.15, -0.1) is 0 Å². The summed E-state index contributed by atoms with van der Waals surface area (Å²) in [5.41, 5.74) is -0.0235. The van der Waals surface area contributed by atoms with Gasteiger partial charge in [0.25, 0.3) is 0 Å². The molecule has 0 amide bonds. The summed E-state index contributed by atoms with van der Waals surface area (Å²) in [6.07, 6.45) is 2.42. The summed E-state index contributed by atoms with van der Waals surface area (Å²) in [6.45, 7) is 11.8. The molecule has 2 atom stereocenters. The molecule has 178 valence electrons. The second-order valence-electron chi connectivity index (χ2n) is 9.40. The van der Waals surface area contributed by atoms with Gasteiger partial charge in [-0.3, -0.25) is 14.4 Å². The van der Waals surface area contributed by atoms with E-state index in [9.17, 15) is 14.4 Å². The van der Waals surface area contributed by atoms with Gasteiger partial charge in [0.05, 0.1) is 13.2 Å². The zero-order valence-electron chi connectivity index (χ0n) is 20.1. The summed E-state index contributed by atoms with van der Waals surface area (Å²) in [5, 5.41) is 1.87. The van der Waals surface area contributed by atoms with Gasteiger partial charge < -0.3 is 14.3 Å². The van der Waals surface area contributed by atoms with Gasteiger partial charge >= 0.3 is 11.9 Å². The molecule has 0 bridgehead atoms. The maximum absolute atomic E-state index is 12.9. The van der Waals surface area contributed by atoms with E-state index in [2.05, 4.69) is 27.7 Å². The number of hydrogen-bond donors (Lipinski definition) is 0. The van der Waals surface area contributed by atoms with Crippen LogP contribution in [0.5, 0.6) is 0 Å². The second-order valence-corrected chi connectivity index (χ2v) is 9.40. The van der Waals surface area contributed by atoms with E-state index in [1.807, 2.05) is 11.1 Å². The van der Waals surface area contributed by atoms with Gasteiger partial charge in [-0.05, 0) is 66.4 Å². The lowest BCUT2D eigenvalue weighted by Crippen LogP contribution is -2.60. The Labute approximate surface area is 191 Å². The second kappa shape index (κ2) is 11.1. The monoisotopic (exact) mass is 447 g/mol. The number of aldehydes is 1. The summed E-state index contributed by atoms with van der Waals surface area (Å²) >= 11 is 0. The highest BCUT2D eigenvalue weighted by molar-refractivity contribution is 5.96. The van der Waals surface area contributed by atoms with Gasteiger partial charge in [0.1, 0.15) is 6.10 Å². The van der Waals surface area contributed by atoms with Crippen molar-refractivity contribution >= 4 is 18.2 Å². The van der Waals surface area contributed by atoms with Crippen LogP contribution in [-0.2, 0) is 28.7 Å². The van der Waals surface area contributed by atoms with E-state index in [1.165, 1.54) is 0 Å². The Morgan fingerprint density at radius 3 is 1.91 bits per heavy atom. The van der Waals surface area contributed by atoms with Gasteiger partial charge in [-0.1, -0.05) is 30.3 Å². The maximum atomic E-state index is 12.9. The largest absolute Gasteiger partial charge is 0.465 e. The minimum atomic E-state index is -1.33. The SMILES string of the molecule is CCOC(=O)C(C(=O)OCC)[C@H](c1ccccc1)[C@@H](C=O)ON1C(C)(C)CCCC1(C)C. The van der Waals surface area contributed by atoms with Crippen molar-refractivity contribution in [1.82, 2.24) is 5.06 Å². The standard InChI is InChI=1S/C25H37NO6/c1-7-30-22(28)21(23(29)31-8-2)20(18-13-10-9-11-14-18)19(17-27)32-26-24(3,4)15-12-16-25(26,5)6/h9-11,13-14,17,19-21H,7-8,12,15-16H2,1-6H3/t19-,20-/m1/s1. The van der Waals surface area contributed by atoms with E-state index < -0.39 is 29.9 Å². The van der Waals surface area contributed by atoms with Crippen LogP contribution in [0.15, 0.2) is 30.3 Å². The van der Waals surface area contributed by atoms with Crippen molar-refractivity contribution in [2.24, 2.45) is 5.92 Å². The maximum Gasteiger partial charge on any atom is 0.321 e. The fourth-order valence-corrected chi connectivity index (χ4v) is 4.66. The molecule has 1 heterocycles. The van der Waals surface area contributed by atoms with E-state index in [4.69, 9.17) is 14.3 Å². The van der Waals surface area contributed by atoms with Crippen molar-refractivity contribution in [2.75, 3.05) is 13.2 Å². The quantitative estimate of drug-likeness (QED) is 0.304. The molecule has 0 unspecified atom stereocenters. The third kappa shape index (κ3) is 5.95. The Morgan fingerprint density at radius 2 is 1.47 bits per heavy atom. The van der Waals surface area contributed by atoms with Crippen molar-refractivity contribution < 1.29 is 28.7 Å². The van der Waals surface area contributed by atoms with Crippen molar-refractivity contribution in [2.45, 2.75) is 83.9 Å². The molecular formula is C25H37NO6. The van der Waals surface area contributed by atoms with Gasteiger partial charge in [0.15, 0.2) is 12.2 Å². The van der Waals surface area contributed by atoms with E-state index in [1.54, 1.807) is 38.1 Å². The normalized spacial score (nSPS) is 19.7. The summed E-state index contributed by atoms with van der Waals surface area (Å²) in [6, 6.07) is 8.99. The molecule has 7 nitrogen and oxygen atoms in total. The number of ether oxygens (including phenoxy) is 2. The van der Waals surface area contributed by atoms with Crippen molar-refractivity contribution in [3.05, 3.63) is 35.9 Å². The zero-order chi connectivity index (χ0) is 23.9. The predicted molar refractivity (Wildman–Crippen MR) is 121 cm³/mol. The highest BCUT2D eigenvalue weighted by Gasteiger charge is 2.48. The van der Waals surface area contributed by atoms with Gasteiger partial charge in [-0.2, -0.15) is 5.06 Å². The minimum absolute atomic E-state index is 0.106. The molecule has 0 aromatic heterocycles. The molecule has 0 spiro atoms. The highest BCUT2D eigenvalue weighted by Crippen LogP contribution is 2.41. The smallest absolute Gasteiger partial charge is 0.321 e. The fraction of sp³-hybridized carbons (Fsp3) is 0.640. The lowest BCUT2D eigenvalue weighted by Gasteiger charge is -2.52. The molecule has 0 aliphatic carbocycles. The zero-order valence-corrected chi connectivity index (χ0v) is 20.1. The van der Waals surface area contributed by atoms with Crippen LogP contribution in [0.25, 0.3) is 0 Å². The van der Waals surface area contributed by atoms with E-state index in [0.717, 1.165) is 19.3 Å². The topological polar surface area (TPSA) is 82.1 Å². The predicted octanol–water partition coefficient (Wildman–Crippen LogP) is 4.05. The molecule has 0 saturated carbocycles. The Morgan fingerprint density at radius 1 is 0.969 bits per heavy atom. The first kappa shape index (κ1) is 26.0. The number of nitrogens with zero attached hydrogens (tertiary/aromatic N) is 1. The molecular weight excluding hydrogens is 410 g/mol. The molecule has 32 heavy (non-hydrogen) atoms. The number of hydrogen-bond acceptors (Lipinski definition) is 7. The van der Waals surface area contributed by atoms with Gasteiger partial charge in [0.2, 0.25) is 0 Å². The van der Waals surface area contributed by atoms with Crippen LogP contribution in [0.3, 0.4) is 0 Å². The molecule has 7 heteroatoms. The van der Waals surface area contributed by atoms with Crippen LogP contribution in [-0.4, -0.2) is 53.7 Å².